The van der Waals surface area contributed by atoms with E-state index in [2.05, 4.69) is 16.4 Å². The van der Waals surface area contributed by atoms with Gasteiger partial charge in [0.25, 0.3) is 5.19 Å². The van der Waals surface area contributed by atoms with Crippen LogP contribution in [0.3, 0.4) is 0 Å². The molecule has 17 heavy (non-hydrogen) atoms. The number of halogens is 1. The van der Waals surface area contributed by atoms with Crippen molar-refractivity contribution in [3.05, 3.63) is 24.3 Å². The summed E-state index contributed by atoms with van der Waals surface area (Å²) in [6.45, 7) is 2.98. The number of fused-ring (bicyclic) bond motifs is 1. The monoisotopic (exact) mass is 270 g/mol. The number of thiazole rings is 1. The van der Waals surface area contributed by atoms with Crippen LogP contribution in [0.5, 0.6) is 5.19 Å². The largest absolute Gasteiger partial charge is 0.470 e. The van der Waals surface area contributed by atoms with Gasteiger partial charge in [0.05, 0.1) is 16.8 Å². The van der Waals surface area contributed by atoms with E-state index in [0.29, 0.717) is 5.92 Å². The van der Waals surface area contributed by atoms with Crippen molar-refractivity contribution in [3.8, 4) is 5.19 Å². The van der Waals surface area contributed by atoms with Crippen molar-refractivity contribution in [2.75, 3.05) is 19.7 Å². The second-order valence-corrected chi connectivity index (χ2v) is 5.11. The van der Waals surface area contributed by atoms with Crippen LogP contribution in [0.4, 0.5) is 0 Å². The minimum Gasteiger partial charge on any atom is -0.470 e. The Morgan fingerprint density at radius 2 is 2.29 bits per heavy atom. The van der Waals surface area contributed by atoms with Crippen LogP contribution < -0.4 is 10.1 Å². The van der Waals surface area contributed by atoms with E-state index in [1.54, 1.807) is 11.3 Å². The van der Waals surface area contributed by atoms with Gasteiger partial charge in [-0.25, -0.2) is 4.98 Å². The lowest BCUT2D eigenvalue weighted by Gasteiger charge is -2.07. The molecule has 0 aliphatic carbocycles. The second kappa shape index (κ2) is 5.67. The zero-order valence-corrected chi connectivity index (χ0v) is 11.0. The summed E-state index contributed by atoms with van der Waals surface area (Å²) in [5, 5.41) is 4.14. The minimum atomic E-state index is 0. The van der Waals surface area contributed by atoms with Crippen molar-refractivity contribution in [1.29, 1.82) is 0 Å². The summed E-state index contributed by atoms with van der Waals surface area (Å²) < 4.78 is 6.94. The molecule has 1 aliphatic heterocycles. The van der Waals surface area contributed by atoms with E-state index in [9.17, 15) is 0 Å². The van der Waals surface area contributed by atoms with E-state index in [1.807, 2.05) is 18.2 Å². The van der Waals surface area contributed by atoms with E-state index >= 15 is 0 Å². The molecule has 3 nitrogen and oxygen atoms in total. The van der Waals surface area contributed by atoms with Gasteiger partial charge in [-0.1, -0.05) is 23.5 Å². The number of ether oxygens (including phenoxy) is 1. The molecule has 1 aromatic heterocycles. The highest BCUT2D eigenvalue weighted by atomic mass is 35.5. The van der Waals surface area contributed by atoms with Crippen molar-refractivity contribution in [2.24, 2.45) is 5.92 Å². The molecule has 0 saturated carbocycles. The van der Waals surface area contributed by atoms with Crippen molar-refractivity contribution in [1.82, 2.24) is 10.3 Å². The van der Waals surface area contributed by atoms with Crippen LogP contribution >= 0.6 is 23.7 Å². The average molecular weight is 271 g/mol. The highest BCUT2D eigenvalue weighted by Crippen LogP contribution is 2.27. The number of hydrogen-bond donors (Lipinski definition) is 1. The van der Waals surface area contributed by atoms with E-state index in [1.165, 1.54) is 11.1 Å². The van der Waals surface area contributed by atoms with Crippen molar-refractivity contribution >= 4 is 34.0 Å². The summed E-state index contributed by atoms with van der Waals surface area (Å²) >= 11 is 1.63. The van der Waals surface area contributed by atoms with Gasteiger partial charge in [-0.05, 0) is 25.1 Å². The summed E-state index contributed by atoms with van der Waals surface area (Å²) in [6.07, 6.45) is 1.21. The summed E-state index contributed by atoms with van der Waals surface area (Å²) in [6, 6.07) is 8.14. The highest BCUT2D eigenvalue weighted by Gasteiger charge is 2.15. The maximum atomic E-state index is 5.74. The first-order valence-corrected chi connectivity index (χ1v) is 6.42. The Morgan fingerprint density at radius 1 is 1.41 bits per heavy atom. The number of para-hydroxylation sites is 1. The van der Waals surface area contributed by atoms with E-state index in [-0.39, 0.29) is 12.4 Å². The predicted octanol–water partition coefficient (Wildman–Crippen LogP) is 2.71. The molecule has 1 saturated heterocycles. The normalized spacial score (nSPS) is 19.2. The van der Waals surface area contributed by atoms with Crippen molar-refractivity contribution in [3.63, 3.8) is 0 Å². The maximum absolute atomic E-state index is 5.74. The second-order valence-electron chi connectivity index (χ2n) is 4.12. The Bertz CT molecular complexity index is 449. The molecule has 1 N–H and O–H groups in total. The summed E-state index contributed by atoms with van der Waals surface area (Å²) in [4.78, 5) is 4.45. The molecule has 1 fully saturated rings. The van der Waals surface area contributed by atoms with Crippen molar-refractivity contribution in [2.45, 2.75) is 6.42 Å². The van der Waals surface area contributed by atoms with Gasteiger partial charge in [-0.3, -0.25) is 0 Å². The number of rotatable bonds is 3. The molecule has 1 atom stereocenters. The Balaban J connectivity index is 0.00000108. The number of nitrogens with one attached hydrogen (secondary N) is 1. The molecule has 1 unspecified atom stereocenters. The SMILES string of the molecule is Cl.c1ccc2sc(OCC3CCNC3)nc2c1. The zero-order valence-electron chi connectivity index (χ0n) is 9.39. The van der Waals surface area contributed by atoms with Crippen LogP contribution in [-0.4, -0.2) is 24.7 Å². The molecule has 2 aromatic rings. The molecule has 0 bridgehead atoms. The quantitative estimate of drug-likeness (QED) is 0.931. The Kier molecular flexibility index (Phi) is 4.20. The Hall–Kier alpha value is -0.840. The molecule has 0 spiro atoms. The van der Waals surface area contributed by atoms with Gasteiger partial charge in [0, 0.05) is 12.5 Å². The van der Waals surface area contributed by atoms with Gasteiger partial charge in [0.15, 0.2) is 0 Å². The first-order valence-electron chi connectivity index (χ1n) is 5.61. The summed E-state index contributed by atoms with van der Waals surface area (Å²) in [5.41, 5.74) is 1.03. The third kappa shape index (κ3) is 2.89. The number of aromatic nitrogens is 1. The topological polar surface area (TPSA) is 34.1 Å². The van der Waals surface area contributed by atoms with Crippen LogP contribution in [0.2, 0.25) is 0 Å². The van der Waals surface area contributed by atoms with E-state index in [4.69, 9.17) is 4.74 Å². The molecule has 0 amide bonds. The third-order valence-corrected chi connectivity index (χ3v) is 3.83. The first-order chi connectivity index (χ1) is 7.92. The fraction of sp³-hybridized carbons (Fsp3) is 0.417. The van der Waals surface area contributed by atoms with Crippen molar-refractivity contribution < 1.29 is 4.74 Å². The fourth-order valence-corrected chi connectivity index (χ4v) is 2.78. The number of hydrogen-bond acceptors (Lipinski definition) is 4. The lowest BCUT2D eigenvalue weighted by molar-refractivity contribution is 0.259. The molecular formula is C12H15ClN2OS. The molecule has 92 valence electrons. The lowest BCUT2D eigenvalue weighted by atomic mass is 10.1. The van der Waals surface area contributed by atoms with Gasteiger partial charge >= 0.3 is 0 Å². The van der Waals surface area contributed by atoms with E-state index in [0.717, 1.165) is 30.4 Å². The Labute approximate surface area is 111 Å². The molecule has 1 aromatic carbocycles. The number of nitrogens with zero attached hydrogens (tertiary/aromatic N) is 1. The van der Waals surface area contributed by atoms with E-state index < -0.39 is 0 Å². The van der Waals surface area contributed by atoms with Gasteiger partial charge in [0.2, 0.25) is 0 Å². The number of benzene rings is 1. The van der Waals surface area contributed by atoms with Crippen LogP contribution in [-0.2, 0) is 0 Å². The lowest BCUT2D eigenvalue weighted by Crippen LogP contribution is -2.15. The fourth-order valence-electron chi connectivity index (χ4n) is 1.96. The smallest absolute Gasteiger partial charge is 0.274 e. The van der Waals surface area contributed by atoms with Crippen LogP contribution in [0.25, 0.3) is 10.2 Å². The van der Waals surface area contributed by atoms with Gasteiger partial charge in [-0.2, -0.15) is 0 Å². The Morgan fingerprint density at radius 3 is 3.06 bits per heavy atom. The molecule has 2 heterocycles. The maximum Gasteiger partial charge on any atom is 0.274 e. The summed E-state index contributed by atoms with van der Waals surface area (Å²) in [5.74, 6) is 0.645. The van der Waals surface area contributed by atoms with Crippen LogP contribution in [0.1, 0.15) is 6.42 Å². The average Bonchev–Trinajstić information content (AvgIpc) is 2.95. The molecule has 0 radical (unpaired) electrons. The first kappa shape index (κ1) is 12.6. The highest BCUT2D eigenvalue weighted by molar-refractivity contribution is 7.20. The predicted molar refractivity (Wildman–Crippen MR) is 73.3 cm³/mol. The van der Waals surface area contributed by atoms with Gasteiger partial charge in [-0.15, -0.1) is 12.4 Å². The summed E-state index contributed by atoms with van der Waals surface area (Å²) in [7, 11) is 0. The molecule has 5 heteroatoms. The standard InChI is InChI=1S/C12H14N2OS.ClH/c1-2-4-11-10(3-1)14-12(16-11)15-8-9-5-6-13-7-9;/h1-4,9,13H,5-8H2;1H. The zero-order chi connectivity index (χ0) is 10.8. The molecular weight excluding hydrogens is 256 g/mol. The molecule has 1 aliphatic rings. The van der Waals surface area contributed by atoms with Gasteiger partial charge in [0.1, 0.15) is 0 Å². The van der Waals surface area contributed by atoms with Crippen LogP contribution in [0.15, 0.2) is 24.3 Å². The van der Waals surface area contributed by atoms with Crippen LogP contribution in [0, 0.1) is 5.92 Å². The molecule has 3 rings (SSSR count). The third-order valence-electron chi connectivity index (χ3n) is 2.88. The van der Waals surface area contributed by atoms with Gasteiger partial charge < -0.3 is 10.1 Å². The minimum absolute atomic E-state index is 0.